The molecule has 2 aromatic rings. The zero-order valence-corrected chi connectivity index (χ0v) is 23.1. The summed E-state index contributed by atoms with van der Waals surface area (Å²) in [5, 5.41) is 14.3. The van der Waals surface area contributed by atoms with Gasteiger partial charge in [0.2, 0.25) is 0 Å². The van der Waals surface area contributed by atoms with E-state index in [4.69, 9.17) is 37.4 Å². The highest BCUT2D eigenvalue weighted by atomic mass is 35.5. The minimum atomic E-state index is -0.778. The van der Waals surface area contributed by atoms with E-state index in [1.165, 1.54) is 0 Å². The van der Waals surface area contributed by atoms with Crippen LogP contribution in [0.1, 0.15) is 69.1 Å². The van der Waals surface area contributed by atoms with Gasteiger partial charge in [0.1, 0.15) is 5.75 Å². The number of rotatable bonds is 10. The van der Waals surface area contributed by atoms with Gasteiger partial charge in [-0.1, -0.05) is 35.3 Å². The van der Waals surface area contributed by atoms with E-state index in [0.29, 0.717) is 24.1 Å². The third-order valence-corrected chi connectivity index (χ3v) is 5.70. The summed E-state index contributed by atoms with van der Waals surface area (Å²) >= 11 is 12.3. The maximum absolute atomic E-state index is 12.8. The van der Waals surface area contributed by atoms with Crippen molar-refractivity contribution in [3.63, 3.8) is 0 Å². The van der Waals surface area contributed by atoms with Gasteiger partial charge in [-0.05, 0) is 83.4 Å². The average molecular weight is 540 g/mol. The largest absolute Gasteiger partial charge is 0.438 e. The zero-order valence-electron chi connectivity index (χ0n) is 21.6. The van der Waals surface area contributed by atoms with Crippen LogP contribution in [0.5, 0.6) is 5.75 Å². The van der Waals surface area contributed by atoms with Crippen molar-refractivity contribution in [1.82, 2.24) is 5.32 Å². The molecule has 0 spiro atoms. The van der Waals surface area contributed by atoms with E-state index in [-0.39, 0.29) is 46.3 Å². The molecule has 0 saturated carbocycles. The molecule has 0 aliphatic heterocycles. The summed E-state index contributed by atoms with van der Waals surface area (Å²) in [6, 6.07) is 9.82. The first-order chi connectivity index (χ1) is 16.7. The lowest BCUT2D eigenvalue weighted by atomic mass is 9.98. The van der Waals surface area contributed by atoms with Crippen LogP contribution in [-0.4, -0.2) is 42.5 Å². The fourth-order valence-corrected chi connectivity index (χ4v) is 3.57. The first-order valence-electron chi connectivity index (χ1n) is 11.7. The van der Waals surface area contributed by atoms with Gasteiger partial charge in [0.15, 0.2) is 6.79 Å². The maximum atomic E-state index is 12.8. The molecule has 0 fully saturated rings. The van der Waals surface area contributed by atoms with Crippen molar-refractivity contribution in [3.05, 3.63) is 63.1 Å². The van der Waals surface area contributed by atoms with Gasteiger partial charge in [-0.15, -0.1) is 0 Å². The summed E-state index contributed by atoms with van der Waals surface area (Å²) in [5.74, 6) is -0.786. The number of aliphatic hydroxyl groups excluding tert-OH is 1. The Labute approximate surface area is 223 Å². The topological polar surface area (TPSA) is 94.1 Å². The number of nitrogens with one attached hydrogen (secondary N) is 1. The van der Waals surface area contributed by atoms with Crippen molar-refractivity contribution in [1.29, 1.82) is 0 Å². The quantitative estimate of drug-likeness (QED) is 0.172. The molecule has 0 amide bonds. The van der Waals surface area contributed by atoms with E-state index < -0.39 is 17.5 Å². The number of hydrogen-bond donors (Lipinski definition) is 2. The van der Waals surface area contributed by atoms with Gasteiger partial charge in [-0.2, -0.15) is 0 Å². The van der Waals surface area contributed by atoms with Gasteiger partial charge < -0.3 is 24.6 Å². The van der Waals surface area contributed by atoms with E-state index in [0.717, 1.165) is 0 Å². The lowest BCUT2D eigenvalue weighted by Gasteiger charge is -2.23. The second kappa shape index (κ2) is 12.9. The number of aliphatic hydroxyl groups is 1. The van der Waals surface area contributed by atoms with Crippen molar-refractivity contribution in [2.75, 3.05) is 19.9 Å². The van der Waals surface area contributed by atoms with Crippen LogP contribution in [0.2, 0.25) is 10.0 Å². The molecule has 7 nitrogen and oxygen atoms in total. The number of benzene rings is 2. The molecule has 2 N–H and O–H groups in total. The Morgan fingerprint density at radius 1 is 1.03 bits per heavy atom. The van der Waals surface area contributed by atoms with Crippen molar-refractivity contribution in [3.8, 4) is 5.75 Å². The number of β-amino-alcohol motifs (C(OH)–C–C–N with tert-alkyl or cyclic N) is 1. The lowest BCUT2D eigenvalue weighted by molar-refractivity contribution is -0.165. The molecule has 1 atom stereocenters. The Morgan fingerprint density at radius 2 is 1.67 bits per heavy atom. The van der Waals surface area contributed by atoms with Crippen LogP contribution < -0.4 is 10.1 Å². The molecule has 9 heteroatoms. The fourth-order valence-electron chi connectivity index (χ4n) is 3.02. The maximum Gasteiger partial charge on any atom is 0.346 e. The second-order valence-corrected chi connectivity index (χ2v) is 11.3. The van der Waals surface area contributed by atoms with Gasteiger partial charge >= 0.3 is 11.9 Å². The molecular formula is C27H35Cl2NO6. The van der Waals surface area contributed by atoms with Crippen LogP contribution in [0.3, 0.4) is 0 Å². The van der Waals surface area contributed by atoms with Crippen LogP contribution in [0, 0.1) is 5.41 Å². The summed E-state index contributed by atoms with van der Waals surface area (Å²) in [6.45, 7) is 11.6. The Balaban J connectivity index is 2.18. The zero-order chi connectivity index (χ0) is 27.1. The standard InChI is InChI=1S/C27H35Cl2NO6/c1-26(2,3)25(33)35-16-34-13-12-18-14-17(21(31)15-30-27(4,5)6)10-11-22(18)36-24(32)23-19(28)8-7-9-20(23)29/h7-11,14,21,30-31H,12-13,15-16H2,1-6H3. The van der Waals surface area contributed by atoms with E-state index in [1.54, 1.807) is 57.2 Å². The van der Waals surface area contributed by atoms with Crippen LogP contribution >= 0.6 is 23.2 Å². The number of hydrogen-bond acceptors (Lipinski definition) is 7. The number of carbonyl (C=O) groups is 2. The normalized spacial score (nSPS) is 12.8. The Kier molecular flexibility index (Phi) is 10.8. The molecule has 198 valence electrons. The van der Waals surface area contributed by atoms with Crippen LogP contribution in [-0.2, 0) is 20.7 Å². The van der Waals surface area contributed by atoms with E-state index in [9.17, 15) is 14.7 Å². The van der Waals surface area contributed by atoms with E-state index >= 15 is 0 Å². The first-order valence-corrected chi connectivity index (χ1v) is 12.4. The fraction of sp³-hybridized carbons (Fsp3) is 0.481. The molecule has 1 unspecified atom stereocenters. The van der Waals surface area contributed by atoms with E-state index in [1.807, 2.05) is 20.8 Å². The summed E-state index contributed by atoms with van der Waals surface area (Å²) in [6.07, 6.45) is -0.446. The Bertz CT molecular complexity index is 1040. The average Bonchev–Trinajstić information content (AvgIpc) is 2.76. The minimum absolute atomic E-state index is 0.0654. The molecule has 2 aromatic carbocycles. The van der Waals surface area contributed by atoms with Gasteiger partial charge in [0.05, 0.1) is 33.7 Å². The van der Waals surface area contributed by atoms with Crippen molar-refractivity contribution >= 4 is 35.1 Å². The van der Waals surface area contributed by atoms with Gasteiger partial charge in [0.25, 0.3) is 0 Å². The van der Waals surface area contributed by atoms with Crippen molar-refractivity contribution < 1.29 is 28.9 Å². The van der Waals surface area contributed by atoms with Gasteiger partial charge in [-0.25, -0.2) is 4.79 Å². The molecule has 0 saturated heterocycles. The predicted octanol–water partition coefficient (Wildman–Crippen LogP) is 5.74. The molecule has 0 aliphatic rings. The molecule has 36 heavy (non-hydrogen) atoms. The van der Waals surface area contributed by atoms with Gasteiger partial charge in [-0.3, -0.25) is 4.79 Å². The molecule has 0 aliphatic carbocycles. The molecule has 0 aromatic heterocycles. The lowest BCUT2D eigenvalue weighted by Crippen LogP contribution is -2.38. The molecular weight excluding hydrogens is 505 g/mol. The van der Waals surface area contributed by atoms with Crippen molar-refractivity contribution in [2.45, 2.75) is 59.6 Å². The minimum Gasteiger partial charge on any atom is -0.438 e. The first kappa shape index (κ1) is 30.1. The van der Waals surface area contributed by atoms with E-state index in [2.05, 4.69) is 5.32 Å². The smallest absolute Gasteiger partial charge is 0.346 e. The monoisotopic (exact) mass is 539 g/mol. The summed E-state index contributed by atoms with van der Waals surface area (Å²) in [4.78, 5) is 24.7. The van der Waals surface area contributed by atoms with Gasteiger partial charge in [0, 0.05) is 12.1 Å². The Morgan fingerprint density at radius 3 is 2.25 bits per heavy atom. The van der Waals surface area contributed by atoms with Crippen LogP contribution in [0.15, 0.2) is 36.4 Å². The highest BCUT2D eigenvalue weighted by Gasteiger charge is 2.23. The number of ether oxygens (including phenoxy) is 3. The third-order valence-electron chi connectivity index (χ3n) is 5.07. The second-order valence-electron chi connectivity index (χ2n) is 10.5. The summed E-state index contributed by atoms with van der Waals surface area (Å²) in [7, 11) is 0. The summed E-state index contributed by atoms with van der Waals surface area (Å²) in [5.41, 5.74) is 0.551. The predicted molar refractivity (Wildman–Crippen MR) is 141 cm³/mol. The molecule has 0 bridgehead atoms. The summed E-state index contributed by atoms with van der Waals surface area (Å²) < 4.78 is 16.2. The van der Waals surface area contributed by atoms with Crippen LogP contribution in [0.25, 0.3) is 0 Å². The Hall–Kier alpha value is -2.16. The molecule has 0 heterocycles. The number of esters is 2. The molecule has 0 radical (unpaired) electrons. The SMILES string of the molecule is CC(C)(C)NCC(O)c1ccc(OC(=O)c2c(Cl)cccc2Cl)c(CCOCOC(=O)C(C)(C)C)c1. The van der Waals surface area contributed by atoms with Crippen molar-refractivity contribution in [2.24, 2.45) is 5.41 Å². The number of carbonyl (C=O) groups excluding carboxylic acids is 2. The van der Waals surface area contributed by atoms with Crippen LogP contribution in [0.4, 0.5) is 0 Å². The highest BCUT2D eigenvalue weighted by molar-refractivity contribution is 6.39. The molecule has 2 rings (SSSR count). The highest BCUT2D eigenvalue weighted by Crippen LogP contribution is 2.29. The third kappa shape index (κ3) is 9.37. The number of halogens is 2.